The molecule has 176 valence electrons. The molecule has 7 heteroatoms. The topological polar surface area (TPSA) is 66.8 Å². The van der Waals surface area contributed by atoms with Crippen molar-refractivity contribution in [3.63, 3.8) is 0 Å². The highest BCUT2D eigenvalue weighted by Crippen LogP contribution is 2.38. The number of fused-ring (bicyclic) bond motifs is 1. The fourth-order valence-corrected chi connectivity index (χ4v) is 4.57. The van der Waals surface area contributed by atoms with Gasteiger partial charge < -0.3 is 14.7 Å². The van der Waals surface area contributed by atoms with Crippen molar-refractivity contribution in [2.45, 2.75) is 38.3 Å². The van der Waals surface area contributed by atoms with Gasteiger partial charge in [0.1, 0.15) is 17.2 Å². The zero-order valence-corrected chi connectivity index (χ0v) is 19.5. The van der Waals surface area contributed by atoms with Crippen LogP contribution in [0.4, 0.5) is 4.39 Å². The van der Waals surface area contributed by atoms with Gasteiger partial charge >= 0.3 is 5.97 Å². The van der Waals surface area contributed by atoms with Gasteiger partial charge in [0.05, 0.1) is 6.42 Å². The van der Waals surface area contributed by atoms with Gasteiger partial charge in [-0.2, -0.15) is 0 Å². The number of carboxylic acids is 1. The molecule has 1 aliphatic heterocycles. The number of benzene rings is 3. The second-order valence-electron chi connectivity index (χ2n) is 8.86. The Bertz CT molecular complexity index is 1230. The molecule has 0 bridgehead atoms. The summed E-state index contributed by atoms with van der Waals surface area (Å²) < 4.78 is 19.9. The average Bonchev–Trinajstić information content (AvgIpc) is 3.10. The molecule has 5 nitrogen and oxygen atoms in total. The third kappa shape index (κ3) is 5.75. The van der Waals surface area contributed by atoms with Crippen molar-refractivity contribution in [1.82, 2.24) is 4.90 Å². The van der Waals surface area contributed by atoms with Crippen LogP contribution in [-0.2, 0) is 24.2 Å². The first kappa shape index (κ1) is 23.8. The van der Waals surface area contributed by atoms with E-state index in [1.54, 1.807) is 30.3 Å². The first-order chi connectivity index (χ1) is 16.2. The van der Waals surface area contributed by atoms with Crippen molar-refractivity contribution in [2.24, 2.45) is 0 Å². The number of hydrogen-bond donors (Lipinski definition) is 1. The molecule has 1 amide bonds. The number of hydrogen-bond acceptors (Lipinski definition) is 3. The molecule has 0 saturated heterocycles. The van der Waals surface area contributed by atoms with Crippen molar-refractivity contribution in [3.05, 3.63) is 99.8 Å². The van der Waals surface area contributed by atoms with E-state index in [0.717, 1.165) is 16.9 Å². The second-order valence-corrected chi connectivity index (χ2v) is 9.29. The van der Waals surface area contributed by atoms with Crippen LogP contribution in [0.5, 0.6) is 5.75 Å². The van der Waals surface area contributed by atoms with Crippen LogP contribution in [0.3, 0.4) is 0 Å². The molecule has 1 heterocycles. The fraction of sp³-hybridized carbons (Fsp3) is 0.259. The number of halogens is 2. The van der Waals surface area contributed by atoms with E-state index in [2.05, 4.69) is 0 Å². The third-order valence-electron chi connectivity index (χ3n) is 5.84. The first-order valence-electron chi connectivity index (χ1n) is 11.0. The molecule has 0 aromatic heterocycles. The van der Waals surface area contributed by atoms with E-state index in [9.17, 15) is 14.0 Å². The average molecular weight is 482 g/mol. The van der Waals surface area contributed by atoms with E-state index in [-0.39, 0.29) is 25.4 Å². The van der Waals surface area contributed by atoms with Crippen molar-refractivity contribution < 1.29 is 23.8 Å². The molecule has 3 aromatic carbocycles. The van der Waals surface area contributed by atoms with Crippen LogP contribution in [-0.4, -0.2) is 34.0 Å². The Balaban J connectivity index is 1.53. The number of carboxylic acid groups (broad SMARTS) is 1. The Morgan fingerprint density at radius 1 is 1.09 bits per heavy atom. The number of aliphatic carboxylic acids is 1. The lowest BCUT2D eigenvalue weighted by Crippen LogP contribution is -2.33. The number of amides is 1. The summed E-state index contributed by atoms with van der Waals surface area (Å²) in [6.07, 6.45) is 1.08. The molecule has 0 spiro atoms. The van der Waals surface area contributed by atoms with Gasteiger partial charge in [-0.25, -0.2) is 4.39 Å². The Morgan fingerprint density at radius 2 is 1.85 bits per heavy atom. The van der Waals surface area contributed by atoms with Gasteiger partial charge in [-0.1, -0.05) is 35.9 Å². The van der Waals surface area contributed by atoms with Gasteiger partial charge in [-0.15, -0.1) is 0 Å². The predicted molar refractivity (Wildman–Crippen MR) is 128 cm³/mol. The lowest BCUT2D eigenvalue weighted by molar-refractivity contribution is -0.137. The summed E-state index contributed by atoms with van der Waals surface area (Å²) in [5.74, 6) is -0.993. The smallest absolute Gasteiger partial charge is 0.305 e. The van der Waals surface area contributed by atoms with Gasteiger partial charge in [0.15, 0.2) is 0 Å². The molecular formula is C27H25ClFNO4. The Kier molecular flexibility index (Phi) is 6.89. The van der Waals surface area contributed by atoms with E-state index in [0.29, 0.717) is 29.0 Å². The zero-order valence-electron chi connectivity index (χ0n) is 18.8. The normalized spacial score (nSPS) is 16.6. The van der Waals surface area contributed by atoms with E-state index in [1.165, 1.54) is 17.0 Å². The maximum Gasteiger partial charge on any atom is 0.305 e. The molecule has 3 aromatic rings. The lowest BCUT2D eigenvalue weighted by Gasteiger charge is -2.24. The van der Waals surface area contributed by atoms with Gasteiger partial charge in [0.2, 0.25) is 0 Å². The van der Waals surface area contributed by atoms with E-state index in [1.807, 2.05) is 31.2 Å². The summed E-state index contributed by atoms with van der Waals surface area (Å²) >= 11 is 6.12. The lowest BCUT2D eigenvalue weighted by atomic mass is 9.91. The highest BCUT2D eigenvalue weighted by atomic mass is 35.5. The van der Waals surface area contributed by atoms with Gasteiger partial charge in [0.25, 0.3) is 5.91 Å². The monoisotopic (exact) mass is 481 g/mol. The van der Waals surface area contributed by atoms with E-state index < -0.39 is 17.4 Å². The number of ether oxygens (including phenoxy) is 1. The second kappa shape index (κ2) is 9.85. The van der Waals surface area contributed by atoms with Crippen molar-refractivity contribution in [3.8, 4) is 5.75 Å². The predicted octanol–water partition coefficient (Wildman–Crippen LogP) is 5.53. The fourth-order valence-electron chi connectivity index (χ4n) is 4.35. The number of carbonyl (C=O) groups excluding carboxylic acids is 1. The van der Waals surface area contributed by atoms with Gasteiger partial charge in [-0.05, 0) is 66.1 Å². The quantitative estimate of drug-likeness (QED) is 0.459. The van der Waals surface area contributed by atoms with Gasteiger partial charge in [0, 0.05) is 36.5 Å². The number of rotatable bonds is 8. The standard InChI is InChI=1S/C27H25ClFNO4/c1-27(15-18-4-2-6-22(28)12-18)16-21-14-20(8-9-24(21)34-27)26(33)30(11-10-25(31)32)17-19-5-3-7-23(29)13-19/h2-9,12-14H,10-11,15-17H2,1H3,(H,31,32). The molecule has 0 fully saturated rings. The van der Waals surface area contributed by atoms with Crippen LogP contribution in [0.15, 0.2) is 66.7 Å². The number of carbonyl (C=O) groups is 2. The third-order valence-corrected chi connectivity index (χ3v) is 6.08. The Hall–Kier alpha value is -3.38. The summed E-state index contributed by atoms with van der Waals surface area (Å²) in [4.78, 5) is 25.9. The molecule has 1 aliphatic rings. The Morgan fingerprint density at radius 3 is 2.59 bits per heavy atom. The minimum Gasteiger partial charge on any atom is -0.487 e. The van der Waals surface area contributed by atoms with Crippen LogP contribution in [0.2, 0.25) is 5.02 Å². The van der Waals surface area contributed by atoms with E-state index >= 15 is 0 Å². The number of nitrogens with zero attached hydrogens (tertiary/aromatic N) is 1. The molecule has 1 N–H and O–H groups in total. The zero-order chi connectivity index (χ0) is 24.3. The van der Waals surface area contributed by atoms with Crippen LogP contribution in [0, 0.1) is 5.82 Å². The highest BCUT2D eigenvalue weighted by molar-refractivity contribution is 6.30. The van der Waals surface area contributed by atoms with Crippen molar-refractivity contribution in [2.75, 3.05) is 6.54 Å². The molecule has 0 saturated carbocycles. The summed E-state index contributed by atoms with van der Waals surface area (Å²) in [6, 6.07) is 18.9. The maximum absolute atomic E-state index is 13.6. The summed E-state index contributed by atoms with van der Waals surface area (Å²) in [7, 11) is 0. The van der Waals surface area contributed by atoms with Crippen molar-refractivity contribution >= 4 is 23.5 Å². The largest absolute Gasteiger partial charge is 0.487 e. The first-order valence-corrected chi connectivity index (χ1v) is 11.4. The molecular weight excluding hydrogens is 457 g/mol. The minimum atomic E-state index is -1.00. The van der Waals surface area contributed by atoms with Crippen LogP contribution in [0.25, 0.3) is 0 Å². The van der Waals surface area contributed by atoms with Crippen LogP contribution in [0.1, 0.15) is 40.4 Å². The van der Waals surface area contributed by atoms with E-state index in [4.69, 9.17) is 21.4 Å². The SMILES string of the molecule is CC1(Cc2cccc(Cl)c2)Cc2cc(C(=O)N(CCC(=O)O)Cc3cccc(F)c3)ccc2O1. The molecule has 4 rings (SSSR count). The maximum atomic E-state index is 13.6. The van der Waals surface area contributed by atoms with Gasteiger partial charge in [-0.3, -0.25) is 9.59 Å². The highest BCUT2D eigenvalue weighted by Gasteiger charge is 2.35. The molecule has 1 unspecified atom stereocenters. The molecule has 0 radical (unpaired) electrons. The molecule has 34 heavy (non-hydrogen) atoms. The molecule has 0 aliphatic carbocycles. The van der Waals surface area contributed by atoms with Crippen LogP contribution < -0.4 is 4.74 Å². The Labute approximate surface area is 202 Å². The summed E-state index contributed by atoms with van der Waals surface area (Å²) in [5, 5.41) is 9.80. The van der Waals surface area contributed by atoms with Crippen LogP contribution >= 0.6 is 11.6 Å². The summed E-state index contributed by atoms with van der Waals surface area (Å²) in [6.45, 7) is 2.16. The minimum absolute atomic E-state index is 0.0186. The molecule has 1 atom stereocenters. The summed E-state index contributed by atoms with van der Waals surface area (Å²) in [5.41, 5.74) is 2.54. The van der Waals surface area contributed by atoms with Crippen molar-refractivity contribution in [1.29, 1.82) is 0 Å².